The Bertz CT molecular complexity index is 1200. The minimum absolute atomic E-state index is 0.176. The highest BCUT2D eigenvalue weighted by molar-refractivity contribution is 6.31. The van der Waals surface area contributed by atoms with Gasteiger partial charge in [-0.3, -0.25) is 14.7 Å². The molecule has 4 nitrogen and oxygen atoms in total. The number of pyridine rings is 1. The second kappa shape index (κ2) is 6.11. The summed E-state index contributed by atoms with van der Waals surface area (Å²) in [5.41, 5.74) is 2.55. The van der Waals surface area contributed by atoms with Gasteiger partial charge in [0.25, 0.3) is 5.91 Å². The molecule has 1 aliphatic rings. The van der Waals surface area contributed by atoms with Gasteiger partial charge in [-0.05, 0) is 36.4 Å². The first kappa shape index (κ1) is 15.9. The predicted molar refractivity (Wildman–Crippen MR) is 106 cm³/mol. The van der Waals surface area contributed by atoms with Crippen LogP contribution in [0.2, 0.25) is 5.02 Å². The fourth-order valence-electron chi connectivity index (χ4n) is 3.34. The quantitative estimate of drug-likeness (QED) is 0.413. The first-order valence-electron chi connectivity index (χ1n) is 8.47. The van der Waals surface area contributed by atoms with E-state index in [4.69, 9.17) is 16.3 Å². The van der Waals surface area contributed by atoms with E-state index in [9.17, 15) is 4.79 Å². The summed E-state index contributed by atoms with van der Waals surface area (Å²) in [7, 11) is 0. The predicted octanol–water partition coefficient (Wildman–Crippen LogP) is 5.97. The van der Waals surface area contributed by atoms with Gasteiger partial charge in [-0.2, -0.15) is 0 Å². The third-order valence-electron chi connectivity index (χ3n) is 4.56. The molecular formula is C22H13ClN2O2. The zero-order valence-electron chi connectivity index (χ0n) is 14.1. The van der Waals surface area contributed by atoms with Crippen LogP contribution in [-0.4, -0.2) is 10.9 Å². The maximum Gasteiger partial charge on any atom is 0.266 e. The van der Waals surface area contributed by atoms with Crippen LogP contribution >= 0.6 is 11.6 Å². The van der Waals surface area contributed by atoms with Crippen molar-refractivity contribution in [2.45, 2.75) is 0 Å². The van der Waals surface area contributed by atoms with Crippen LogP contribution in [0.1, 0.15) is 10.4 Å². The summed E-state index contributed by atoms with van der Waals surface area (Å²) in [5.74, 6) is 0.847. The lowest BCUT2D eigenvalue weighted by atomic mass is 10.1. The van der Waals surface area contributed by atoms with Gasteiger partial charge < -0.3 is 4.74 Å². The number of rotatable bonds is 1. The van der Waals surface area contributed by atoms with Crippen molar-refractivity contribution in [2.75, 3.05) is 4.90 Å². The van der Waals surface area contributed by atoms with E-state index in [-0.39, 0.29) is 5.91 Å². The molecule has 0 radical (unpaired) electrons. The molecule has 0 unspecified atom stereocenters. The Morgan fingerprint density at radius 2 is 1.70 bits per heavy atom. The molecule has 3 aromatic carbocycles. The van der Waals surface area contributed by atoms with Crippen molar-refractivity contribution in [3.63, 3.8) is 0 Å². The van der Waals surface area contributed by atoms with Crippen LogP contribution in [0.15, 0.2) is 79.0 Å². The number of hydrogen-bond acceptors (Lipinski definition) is 3. The lowest BCUT2D eigenvalue weighted by Crippen LogP contribution is -2.25. The van der Waals surface area contributed by atoms with Crippen molar-refractivity contribution >= 4 is 39.8 Å². The van der Waals surface area contributed by atoms with E-state index in [1.165, 1.54) is 0 Å². The molecule has 1 amide bonds. The molecule has 0 fully saturated rings. The topological polar surface area (TPSA) is 42.4 Å². The van der Waals surface area contributed by atoms with Crippen molar-refractivity contribution < 1.29 is 9.53 Å². The summed E-state index contributed by atoms with van der Waals surface area (Å²) in [5, 5.41) is 1.49. The molecule has 0 saturated carbocycles. The number of fused-ring (bicyclic) bond motifs is 3. The molecule has 0 N–H and O–H groups in total. The number of carbonyl (C=O) groups is 1. The SMILES string of the molecule is O=C1c2ccccc2Oc2cc(Cl)ccc2N1c1cccc2cccnc12. The summed E-state index contributed by atoms with van der Waals surface area (Å²) < 4.78 is 6.05. The second-order valence-corrected chi connectivity index (χ2v) is 6.64. The molecule has 0 aliphatic carbocycles. The number of aromatic nitrogens is 1. The van der Waals surface area contributed by atoms with Gasteiger partial charge in [0.1, 0.15) is 5.75 Å². The number of para-hydroxylation sites is 2. The van der Waals surface area contributed by atoms with Gasteiger partial charge in [0.15, 0.2) is 5.75 Å². The standard InChI is InChI=1S/C22H13ClN2O2/c23-15-10-11-17-20(13-15)27-19-9-2-1-7-16(19)22(26)25(17)18-8-3-5-14-6-4-12-24-21(14)18/h1-13H. The van der Waals surface area contributed by atoms with Crippen LogP contribution in [0.3, 0.4) is 0 Å². The summed E-state index contributed by atoms with van der Waals surface area (Å²) in [4.78, 5) is 19.7. The third-order valence-corrected chi connectivity index (χ3v) is 4.79. The first-order chi connectivity index (χ1) is 13.2. The molecule has 5 rings (SSSR count). The molecule has 0 saturated heterocycles. The number of carbonyl (C=O) groups excluding carboxylic acids is 1. The average molecular weight is 373 g/mol. The van der Waals surface area contributed by atoms with Gasteiger partial charge in [-0.25, -0.2) is 0 Å². The highest BCUT2D eigenvalue weighted by atomic mass is 35.5. The fraction of sp³-hybridized carbons (Fsp3) is 0. The Kier molecular flexibility index (Phi) is 3.59. The van der Waals surface area contributed by atoms with Gasteiger partial charge in [0.05, 0.1) is 22.5 Å². The molecule has 4 aromatic rings. The van der Waals surface area contributed by atoms with Gasteiger partial charge in [-0.1, -0.05) is 41.9 Å². The monoisotopic (exact) mass is 372 g/mol. The number of amides is 1. The first-order valence-corrected chi connectivity index (χ1v) is 8.85. The van der Waals surface area contributed by atoms with Gasteiger partial charge >= 0.3 is 0 Å². The van der Waals surface area contributed by atoms with E-state index in [2.05, 4.69) is 4.98 Å². The van der Waals surface area contributed by atoms with Crippen LogP contribution in [0, 0.1) is 0 Å². The Morgan fingerprint density at radius 3 is 2.63 bits per heavy atom. The van der Waals surface area contributed by atoms with E-state index in [1.54, 1.807) is 41.4 Å². The molecule has 0 atom stereocenters. The number of ether oxygens (including phenoxy) is 1. The number of halogens is 1. The van der Waals surface area contributed by atoms with Crippen LogP contribution in [-0.2, 0) is 0 Å². The summed E-state index contributed by atoms with van der Waals surface area (Å²) in [6, 6.07) is 22.1. The molecule has 27 heavy (non-hydrogen) atoms. The molecule has 5 heteroatoms. The molecule has 130 valence electrons. The van der Waals surface area contributed by atoms with E-state index in [0.29, 0.717) is 33.5 Å². The summed E-state index contributed by atoms with van der Waals surface area (Å²) in [6.45, 7) is 0. The van der Waals surface area contributed by atoms with Crippen molar-refractivity contribution in [1.82, 2.24) is 4.98 Å². The van der Waals surface area contributed by atoms with Gasteiger partial charge in [0.2, 0.25) is 0 Å². The van der Waals surface area contributed by atoms with E-state index >= 15 is 0 Å². The molecule has 0 spiro atoms. The maximum absolute atomic E-state index is 13.5. The van der Waals surface area contributed by atoms with Crippen LogP contribution in [0.4, 0.5) is 11.4 Å². The van der Waals surface area contributed by atoms with E-state index in [0.717, 1.165) is 10.9 Å². The number of nitrogens with zero attached hydrogens (tertiary/aromatic N) is 2. The average Bonchev–Trinajstić information content (AvgIpc) is 2.81. The van der Waals surface area contributed by atoms with Crippen molar-refractivity contribution in [3.8, 4) is 11.5 Å². The number of hydrogen-bond donors (Lipinski definition) is 0. The highest BCUT2D eigenvalue weighted by Crippen LogP contribution is 2.44. The zero-order valence-corrected chi connectivity index (χ0v) is 14.9. The lowest BCUT2D eigenvalue weighted by Gasteiger charge is -2.23. The Hall–Kier alpha value is -3.37. The minimum atomic E-state index is -0.176. The van der Waals surface area contributed by atoms with Crippen molar-refractivity contribution in [1.29, 1.82) is 0 Å². The molecule has 0 bridgehead atoms. The minimum Gasteiger partial charge on any atom is -0.454 e. The molecule has 1 aliphatic heterocycles. The maximum atomic E-state index is 13.5. The lowest BCUT2D eigenvalue weighted by molar-refractivity contribution is 0.0999. The number of anilines is 2. The largest absolute Gasteiger partial charge is 0.454 e. The zero-order chi connectivity index (χ0) is 18.4. The van der Waals surface area contributed by atoms with E-state index < -0.39 is 0 Å². The van der Waals surface area contributed by atoms with Crippen LogP contribution in [0.5, 0.6) is 11.5 Å². The van der Waals surface area contributed by atoms with Crippen molar-refractivity contribution in [3.05, 3.63) is 89.6 Å². The molecular weight excluding hydrogens is 360 g/mol. The Balaban J connectivity index is 1.84. The molecule has 2 heterocycles. The van der Waals surface area contributed by atoms with Gasteiger partial charge in [-0.15, -0.1) is 0 Å². The number of benzene rings is 3. The molecule has 1 aromatic heterocycles. The Morgan fingerprint density at radius 1 is 0.852 bits per heavy atom. The summed E-state index contributed by atoms with van der Waals surface area (Å²) >= 11 is 6.19. The van der Waals surface area contributed by atoms with Gasteiger partial charge in [0, 0.05) is 22.7 Å². The second-order valence-electron chi connectivity index (χ2n) is 6.20. The third kappa shape index (κ3) is 2.54. The van der Waals surface area contributed by atoms with E-state index in [1.807, 2.05) is 42.5 Å². The Labute approximate surface area is 160 Å². The van der Waals surface area contributed by atoms with Crippen molar-refractivity contribution in [2.24, 2.45) is 0 Å². The fourth-order valence-corrected chi connectivity index (χ4v) is 3.50. The summed E-state index contributed by atoms with van der Waals surface area (Å²) in [6.07, 6.45) is 1.72. The van der Waals surface area contributed by atoms with Crippen LogP contribution < -0.4 is 9.64 Å². The highest BCUT2D eigenvalue weighted by Gasteiger charge is 2.30. The smallest absolute Gasteiger partial charge is 0.266 e. The van der Waals surface area contributed by atoms with Crippen LogP contribution in [0.25, 0.3) is 10.9 Å². The normalized spacial score (nSPS) is 12.9.